The number of amides is 1. The number of nitrogens with zero attached hydrogens (tertiary/aromatic N) is 2. The summed E-state index contributed by atoms with van der Waals surface area (Å²) in [5.41, 5.74) is 2.99. The van der Waals surface area contributed by atoms with Crippen LogP contribution in [0.1, 0.15) is 36.7 Å². The van der Waals surface area contributed by atoms with Crippen LogP contribution in [0.3, 0.4) is 0 Å². The highest BCUT2D eigenvalue weighted by Gasteiger charge is 2.31. The molecular formula is C22H25N3O3. The molecule has 1 atom stereocenters. The predicted molar refractivity (Wildman–Crippen MR) is 108 cm³/mol. The molecule has 2 heterocycles. The highest BCUT2D eigenvalue weighted by Crippen LogP contribution is 2.32. The van der Waals surface area contributed by atoms with E-state index in [1.165, 1.54) is 0 Å². The largest absolute Gasteiger partial charge is 0.497 e. The molecule has 2 aromatic carbocycles. The molecule has 1 amide bonds. The molecule has 3 aromatic rings. The van der Waals surface area contributed by atoms with Crippen molar-refractivity contribution in [3.05, 3.63) is 53.9 Å². The molecule has 146 valence electrons. The Hall–Kier alpha value is -3.02. The summed E-state index contributed by atoms with van der Waals surface area (Å²) < 4.78 is 10.6. The van der Waals surface area contributed by atoms with Gasteiger partial charge in [-0.1, -0.05) is 12.1 Å². The molecule has 1 aliphatic heterocycles. The molecule has 28 heavy (non-hydrogen) atoms. The lowest BCUT2D eigenvalue weighted by atomic mass is 10.1. The van der Waals surface area contributed by atoms with Gasteiger partial charge in [0.05, 0.1) is 31.3 Å². The number of carbonyl (C=O) groups excluding carboxylic acids is 1. The van der Waals surface area contributed by atoms with E-state index in [0.717, 1.165) is 53.3 Å². The van der Waals surface area contributed by atoms with Gasteiger partial charge in [0.25, 0.3) is 0 Å². The van der Waals surface area contributed by atoms with Crippen molar-refractivity contribution in [2.45, 2.75) is 31.7 Å². The first kappa shape index (κ1) is 18.3. The number of fused-ring (bicyclic) bond motifs is 1. The minimum Gasteiger partial charge on any atom is -0.497 e. The van der Waals surface area contributed by atoms with Gasteiger partial charge in [0.2, 0.25) is 5.91 Å². The Labute approximate surface area is 164 Å². The second kappa shape index (κ2) is 7.92. The van der Waals surface area contributed by atoms with E-state index in [9.17, 15) is 4.79 Å². The summed E-state index contributed by atoms with van der Waals surface area (Å²) in [6.45, 7) is 0.780. The third kappa shape index (κ3) is 3.67. The standard InChI is InChI=1S/C22H25N3O3/c1-27-16-12-15(13-17(14-16)28-2)9-10-21(26)25-11-5-8-20(25)22-23-18-6-3-4-7-19(18)24-22/h3-4,6-7,12-14,20H,5,8-11H2,1-2H3,(H,23,24). The molecule has 1 fully saturated rings. The Kier molecular flexibility index (Phi) is 5.19. The normalized spacial score (nSPS) is 16.5. The second-order valence-corrected chi connectivity index (χ2v) is 7.11. The maximum atomic E-state index is 12.9. The summed E-state index contributed by atoms with van der Waals surface area (Å²) in [5, 5.41) is 0. The number of hydrogen-bond donors (Lipinski definition) is 1. The number of H-pyrrole nitrogens is 1. The molecule has 1 unspecified atom stereocenters. The number of aryl methyl sites for hydroxylation is 1. The Balaban J connectivity index is 1.46. The molecule has 6 nitrogen and oxygen atoms in total. The summed E-state index contributed by atoms with van der Waals surface area (Å²) in [7, 11) is 3.26. The van der Waals surface area contributed by atoms with Crippen LogP contribution in [0.2, 0.25) is 0 Å². The maximum Gasteiger partial charge on any atom is 0.223 e. The zero-order valence-corrected chi connectivity index (χ0v) is 16.3. The van der Waals surface area contributed by atoms with Crippen molar-refractivity contribution in [2.24, 2.45) is 0 Å². The molecule has 0 aliphatic carbocycles. The highest BCUT2D eigenvalue weighted by molar-refractivity contribution is 5.78. The number of methoxy groups -OCH3 is 2. The third-order valence-electron chi connectivity index (χ3n) is 5.34. The monoisotopic (exact) mass is 379 g/mol. The molecule has 6 heteroatoms. The maximum absolute atomic E-state index is 12.9. The van der Waals surface area contributed by atoms with Gasteiger partial charge in [-0.25, -0.2) is 4.98 Å². The van der Waals surface area contributed by atoms with Gasteiger partial charge in [-0.2, -0.15) is 0 Å². The molecule has 0 spiro atoms. The highest BCUT2D eigenvalue weighted by atomic mass is 16.5. The van der Waals surface area contributed by atoms with Crippen molar-refractivity contribution >= 4 is 16.9 Å². The molecule has 0 saturated carbocycles. The second-order valence-electron chi connectivity index (χ2n) is 7.11. The number of hydrogen-bond acceptors (Lipinski definition) is 4. The van der Waals surface area contributed by atoms with Gasteiger partial charge < -0.3 is 19.4 Å². The fraction of sp³-hybridized carbons (Fsp3) is 0.364. The van der Waals surface area contributed by atoms with E-state index in [0.29, 0.717) is 12.8 Å². The Bertz CT molecular complexity index is 927. The zero-order valence-electron chi connectivity index (χ0n) is 16.3. The predicted octanol–water partition coefficient (Wildman–Crippen LogP) is 3.88. The van der Waals surface area contributed by atoms with Crippen molar-refractivity contribution in [1.82, 2.24) is 14.9 Å². The number of nitrogens with one attached hydrogen (secondary N) is 1. The molecule has 1 aromatic heterocycles. The number of aromatic amines is 1. The van der Waals surface area contributed by atoms with Crippen LogP contribution in [-0.2, 0) is 11.2 Å². The van der Waals surface area contributed by atoms with Gasteiger partial charge in [-0.15, -0.1) is 0 Å². The minimum absolute atomic E-state index is 0.0275. The van der Waals surface area contributed by atoms with Crippen LogP contribution in [0.15, 0.2) is 42.5 Å². The lowest BCUT2D eigenvalue weighted by Gasteiger charge is -2.23. The molecule has 0 radical (unpaired) electrons. The summed E-state index contributed by atoms with van der Waals surface area (Å²) in [4.78, 5) is 23.0. The number of ether oxygens (including phenoxy) is 2. The van der Waals surface area contributed by atoms with Crippen molar-refractivity contribution in [2.75, 3.05) is 20.8 Å². The number of benzene rings is 2. The van der Waals surface area contributed by atoms with Gasteiger partial charge >= 0.3 is 0 Å². The van der Waals surface area contributed by atoms with E-state index in [1.54, 1.807) is 14.2 Å². The van der Waals surface area contributed by atoms with Crippen LogP contribution in [0.25, 0.3) is 11.0 Å². The summed E-state index contributed by atoms with van der Waals surface area (Å²) >= 11 is 0. The van der Waals surface area contributed by atoms with Gasteiger partial charge in [0.15, 0.2) is 0 Å². The van der Waals surface area contributed by atoms with Crippen LogP contribution in [0.4, 0.5) is 0 Å². The summed E-state index contributed by atoms with van der Waals surface area (Å²) in [6, 6.07) is 13.8. The van der Waals surface area contributed by atoms with E-state index < -0.39 is 0 Å². The van der Waals surface area contributed by atoms with Crippen LogP contribution in [0.5, 0.6) is 11.5 Å². The number of aromatic nitrogens is 2. The third-order valence-corrected chi connectivity index (χ3v) is 5.34. The van der Waals surface area contributed by atoms with E-state index in [4.69, 9.17) is 14.5 Å². The van der Waals surface area contributed by atoms with Crippen molar-refractivity contribution in [3.63, 3.8) is 0 Å². The van der Waals surface area contributed by atoms with Gasteiger partial charge in [-0.3, -0.25) is 4.79 Å². The van der Waals surface area contributed by atoms with E-state index in [1.807, 2.05) is 47.4 Å². The van der Waals surface area contributed by atoms with Gasteiger partial charge in [-0.05, 0) is 49.1 Å². The lowest BCUT2D eigenvalue weighted by molar-refractivity contribution is -0.132. The summed E-state index contributed by atoms with van der Waals surface area (Å²) in [6.07, 6.45) is 3.04. The quantitative estimate of drug-likeness (QED) is 0.706. The van der Waals surface area contributed by atoms with E-state index >= 15 is 0 Å². The SMILES string of the molecule is COc1cc(CCC(=O)N2CCCC2c2nc3ccccc3[nH]2)cc(OC)c1. The van der Waals surface area contributed by atoms with Crippen molar-refractivity contribution in [1.29, 1.82) is 0 Å². The smallest absolute Gasteiger partial charge is 0.223 e. The topological polar surface area (TPSA) is 67.5 Å². The number of rotatable bonds is 6. The van der Waals surface area contributed by atoms with E-state index in [2.05, 4.69) is 4.98 Å². The number of para-hydroxylation sites is 2. The Morgan fingerprint density at radius 1 is 1.18 bits per heavy atom. The molecular weight excluding hydrogens is 354 g/mol. The zero-order chi connectivity index (χ0) is 19.5. The molecule has 1 saturated heterocycles. The molecule has 1 aliphatic rings. The Morgan fingerprint density at radius 3 is 2.64 bits per heavy atom. The molecule has 0 bridgehead atoms. The average molecular weight is 379 g/mol. The van der Waals surface area contributed by atoms with Crippen LogP contribution < -0.4 is 9.47 Å². The number of likely N-dealkylation sites (tertiary alicyclic amines) is 1. The lowest BCUT2D eigenvalue weighted by Crippen LogP contribution is -2.31. The van der Waals surface area contributed by atoms with Gasteiger partial charge in [0.1, 0.15) is 17.3 Å². The molecule has 1 N–H and O–H groups in total. The van der Waals surface area contributed by atoms with E-state index in [-0.39, 0.29) is 11.9 Å². The first-order chi connectivity index (χ1) is 13.7. The first-order valence-electron chi connectivity index (χ1n) is 9.64. The first-order valence-corrected chi connectivity index (χ1v) is 9.64. The van der Waals surface area contributed by atoms with Crippen LogP contribution >= 0.6 is 0 Å². The Morgan fingerprint density at radius 2 is 1.93 bits per heavy atom. The fourth-order valence-corrected chi connectivity index (χ4v) is 3.89. The minimum atomic E-state index is 0.0275. The van der Waals surface area contributed by atoms with Crippen molar-refractivity contribution in [3.8, 4) is 11.5 Å². The van der Waals surface area contributed by atoms with Crippen molar-refractivity contribution < 1.29 is 14.3 Å². The van der Waals surface area contributed by atoms with Crippen LogP contribution in [-0.4, -0.2) is 41.5 Å². The van der Waals surface area contributed by atoms with Gasteiger partial charge in [0, 0.05) is 19.0 Å². The number of carbonyl (C=O) groups is 1. The average Bonchev–Trinajstić information content (AvgIpc) is 3.38. The number of imidazole rings is 1. The molecule has 4 rings (SSSR count). The van der Waals surface area contributed by atoms with Crippen LogP contribution in [0, 0.1) is 0 Å². The summed E-state index contributed by atoms with van der Waals surface area (Å²) in [5.74, 6) is 2.52. The fourth-order valence-electron chi connectivity index (χ4n) is 3.89.